The van der Waals surface area contributed by atoms with E-state index < -0.39 is 0 Å². The smallest absolute Gasteiger partial charge is 0.255 e. The number of pyridine rings is 1. The van der Waals surface area contributed by atoms with Crippen LogP contribution in [0, 0.1) is 25.2 Å². The maximum atomic E-state index is 13.2. The zero-order chi connectivity index (χ0) is 47.5. The number of carbonyl (C=O) groups is 5. The average molecular weight is 903 g/mol. The number of methoxy groups -OCH3 is 1. The van der Waals surface area contributed by atoms with Crippen molar-refractivity contribution in [2.75, 3.05) is 76.6 Å². The van der Waals surface area contributed by atoms with Gasteiger partial charge in [0.05, 0.1) is 25.3 Å². The Balaban J connectivity index is 0.000000201. The molecule has 5 aromatic rings. The molecule has 0 saturated carbocycles. The molecule has 346 valence electrons. The predicted molar refractivity (Wildman–Crippen MR) is 257 cm³/mol. The molecule has 0 bridgehead atoms. The molecule has 2 N–H and O–H groups in total. The fourth-order valence-electron chi connectivity index (χ4n) is 8.79. The number of hydrogen-bond acceptors (Lipinski definition) is 9. The van der Waals surface area contributed by atoms with E-state index in [2.05, 4.69) is 33.8 Å². The van der Waals surface area contributed by atoms with Crippen LogP contribution in [0.3, 0.4) is 0 Å². The van der Waals surface area contributed by atoms with Gasteiger partial charge in [-0.1, -0.05) is 36.4 Å². The average Bonchev–Trinajstić information content (AvgIpc) is 3.86. The minimum atomic E-state index is -0.226. The number of piperidine rings is 1. The minimum absolute atomic E-state index is 0.0181. The summed E-state index contributed by atoms with van der Waals surface area (Å²) in [4.78, 5) is 74.6. The van der Waals surface area contributed by atoms with E-state index in [9.17, 15) is 24.0 Å². The highest BCUT2D eigenvalue weighted by Crippen LogP contribution is 2.31. The lowest BCUT2D eigenvalue weighted by Crippen LogP contribution is -2.49. The van der Waals surface area contributed by atoms with Crippen molar-refractivity contribution in [3.05, 3.63) is 154 Å². The molecule has 4 aromatic carbocycles. The largest absolute Gasteiger partial charge is 0.497 e. The zero-order valence-electron chi connectivity index (χ0n) is 38.7. The molecule has 3 aliphatic rings. The van der Waals surface area contributed by atoms with Crippen molar-refractivity contribution in [3.8, 4) is 11.8 Å². The summed E-state index contributed by atoms with van der Waals surface area (Å²) in [5.41, 5.74) is 7.84. The van der Waals surface area contributed by atoms with Gasteiger partial charge in [-0.25, -0.2) is 0 Å². The van der Waals surface area contributed by atoms with E-state index in [1.807, 2.05) is 89.2 Å². The fourth-order valence-corrected chi connectivity index (χ4v) is 8.79. The normalized spacial score (nSPS) is 16.3. The number of aryl methyl sites for hydroxylation is 2. The van der Waals surface area contributed by atoms with Gasteiger partial charge in [0, 0.05) is 106 Å². The number of nitrogens with one attached hydrogen (secondary N) is 2. The van der Waals surface area contributed by atoms with E-state index in [0.717, 1.165) is 36.1 Å². The molecular weight excluding hydrogens is 845 g/mol. The van der Waals surface area contributed by atoms with E-state index in [0.29, 0.717) is 97.8 Å². The van der Waals surface area contributed by atoms with Crippen LogP contribution < -0.4 is 15.4 Å². The van der Waals surface area contributed by atoms with Gasteiger partial charge in [0.2, 0.25) is 11.8 Å². The number of piperazine rings is 1. The summed E-state index contributed by atoms with van der Waals surface area (Å²) in [6, 6.07) is 32.1. The lowest BCUT2D eigenvalue weighted by atomic mass is 9.89. The highest BCUT2D eigenvalue weighted by molar-refractivity contribution is 6.05. The van der Waals surface area contributed by atoms with E-state index in [-0.39, 0.29) is 36.1 Å². The number of hydrogen-bond donors (Lipinski definition) is 2. The Hall–Kier alpha value is -7.37. The quantitative estimate of drug-likeness (QED) is 0.147. The van der Waals surface area contributed by atoms with Crippen molar-refractivity contribution in [2.24, 2.45) is 0 Å². The van der Waals surface area contributed by atoms with Crippen molar-refractivity contribution in [1.82, 2.24) is 24.6 Å². The molecule has 0 spiro atoms. The first kappa shape index (κ1) is 47.6. The van der Waals surface area contributed by atoms with Crippen LogP contribution >= 0.6 is 0 Å². The van der Waals surface area contributed by atoms with Gasteiger partial charge in [0.1, 0.15) is 5.75 Å². The van der Waals surface area contributed by atoms with Gasteiger partial charge >= 0.3 is 0 Å². The van der Waals surface area contributed by atoms with Crippen molar-refractivity contribution in [1.29, 1.82) is 5.26 Å². The van der Waals surface area contributed by atoms with Crippen LogP contribution in [0.25, 0.3) is 0 Å². The lowest BCUT2D eigenvalue weighted by molar-refractivity contribution is -0.130. The second kappa shape index (κ2) is 22.2. The Morgan fingerprint density at radius 3 is 1.76 bits per heavy atom. The van der Waals surface area contributed by atoms with Gasteiger partial charge in [-0.3, -0.25) is 33.9 Å². The lowest BCUT2D eigenvalue weighted by Gasteiger charge is -2.33. The summed E-state index contributed by atoms with van der Waals surface area (Å²) in [6.45, 7) is 11.0. The Morgan fingerprint density at radius 1 is 0.642 bits per heavy atom. The molecule has 8 rings (SSSR count). The summed E-state index contributed by atoms with van der Waals surface area (Å²) in [5.74, 6) is 1.20. The van der Waals surface area contributed by atoms with E-state index in [4.69, 9.17) is 10.00 Å². The molecule has 3 aliphatic heterocycles. The van der Waals surface area contributed by atoms with Crippen LogP contribution in [-0.2, 0) is 9.59 Å². The van der Waals surface area contributed by atoms with Crippen molar-refractivity contribution in [3.63, 3.8) is 0 Å². The number of aromatic nitrogens is 1. The third-order valence-corrected chi connectivity index (χ3v) is 13.0. The van der Waals surface area contributed by atoms with Gasteiger partial charge in [0.15, 0.2) is 0 Å². The van der Waals surface area contributed by atoms with Crippen LogP contribution in [0.4, 0.5) is 11.4 Å². The molecule has 5 amide bonds. The van der Waals surface area contributed by atoms with Gasteiger partial charge < -0.3 is 30.1 Å². The number of carbonyl (C=O) groups excluding carboxylic acids is 5. The first-order valence-electron chi connectivity index (χ1n) is 22.8. The van der Waals surface area contributed by atoms with Gasteiger partial charge in [-0.05, 0) is 122 Å². The standard InChI is InChI=1S/C28H33N5O3.C25H25N3O3/c1-20-3-6-25(17-26(20)30-27(35)19-31-13-15-32(16-14-31)21(2)34)28(36)33-11-9-24(10-12-33)23-7-4-22(18-29)5-8-23;1-17-3-4-20(15-23(17)27-24(29)19-9-12-26-13-10-19)25(30)28-14-11-21(16-28)18-5-7-22(31-2)8-6-18/h3-8,17,24H,9-16,19H2,1-2H3,(H,30,35);3-10,12-13,15,21H,11,14,16H2,1-2H3,(H,27,29). The number of likely N-dealkylation sites (tertiary alicyclic amines) is 2. The third-order valence-electron chi connectivity index (χ3n) is 13.0. The summed E-state index contributed by atoms with van der Waals surface area (Å²) in [5, 5.41) is 14.9. The number of amides is 5. The number of nitrogens with zero attached hydrogens (tertiary/aromatic N) is 6. The Bertz CT molecular complexity index is 2600. The molecule has 1 atom stereocenters. The van der Waals surface area contributed by atoms with Crippen LogP contribution in [-0.4, -0.2) is 120 Å². The summed E-state index contributed by atoms with van der Waals surface area (Å²) >= 11 is 0. The van der Waals surface area contributed by atoms with Crippen molar-refractivity contribution >= 4 is 40.9 Å². The zero-order valence-corrected chi connectivity index (χ0v) is 38.7. The number of rotatable bonds is 10. The first-order chi connectivity index (χ1) is 32.4. The molecule has 3 fully saturated rings. The molecule has 0 radical (unpaired) electrons. The second-order valence-corrected chi connectivity index (χ2v) is 17.4. The van der Waals surface area contributed by atoms with Gasteiger partial charge in [0.25, 0.3) is 17.7 Å². The Morgan fingerprint density at radius 2 is 1.18 bits per heavy atom. The number of nitriles is 1. The molecule has 1 aromatic heterocycles. The molecule has 1 unspecified atom stereocenters. The van der Waals surface area contributed by atoms with Crippen LogP contribution in [0.2, 0.25) is 0 Å². The maximum Gasteiger partial charge on any atom is 0.255 e. The van der Waals surface area contributed by atoms with E-state index in [1.54, 1.807) is 55.6 Å². The summed E-state index contributed by atoms with van der Waals surface area (Å²) < 4.78 is 5.23. The summed E-state index contributed by atoms with van der Waals surface area (Å²) in [6.07, 6.45) is 5.84. The summed E-state index contributed by atoms with van der Waals surface area (Å²) in [7, 11) is 1.65. The van der Waals surface area contributed by atoms with Crippen molar-refractivity contribution in [2.45, 2.75) is 51.9 Å². The third kappa shape index (κ3) is 12.3. The van der Waals surface area contributed by atoms with Crippen LogP contribution in [0.15, 0.2) is 109 Å². The molecule has 0 aliphatic carbocycles. The monoisotopic (exact) mass is 902 g/mol. The predicted octanol–water partition coefficient (Wildman–Crippen LogP) is 7.27. The number of benzene rings is 4. The Labute approximate surface area is 392 Å². The number of anilines is 2. The van der Waals surface area contributed by atoms with Gasteiger partial charge in [-0.15, -0.1) is 0 Å². The second-order valence-electron chi connectivity index (χ2n) is 17.4. The minimum Gasteiger partial charge on any atom is -0.497 e. The molecule has 4 heterocycles. The fraction of sp³-hybridized carbons (Fsp3) is 0.340. The molecule has 14 nitrogen and oxygen atoms in total. The number of ether oxygens (including phenoxy) is 1. The SMILES string of the molecule is CC(=O)N1CCN(CC(=O)Nc2cc(C(=O)N3CCC(c4ccc(C#N)cc4)CC3)ccc2C)CC1.COc1ccc(C2CCN(C(=O)c3ccc(C)c(NC(=O)c4ccncc4)c3)C2)cc1. The Kier molecular flexibility index (Phi) is 15.8. The molecule has 3 saturated heterocycles. The highest BCUT2D eigenvalue weighted by atomic mass is 16.5. The van der Waals surface area contributed by atoms with Crippen molar-refractivity contribution < 1.29 is 28.7 Å². The van der Waals surface area contributed by atoms with E-state index in [1.165, 1.54) is 11.1 Å². The maximum absolute atomic E-state index is 13.2. The van der Waals surface area contributed by atoms with Gasteiger partial charge in [-0.2, -0.15) is 5.26 Å². The molecule has 14 heteroatoms. The molecule has 67 heavy (non-hydrogen) atoms. The first-order valence-corrected chi connectivity index (χ1v) is 22.8. The topological polar surface area (TPSA) is 168 Å². The van der Waals surface area contributed by atoms with Crippen LogP contribution in [0.1, 0.15) is 96.9 Å². The molecular formula is C53H58N8O6. The highest BCUT2D eigenvalue weighted by Gasteiger charge is 2.29. The van der Waals surface area contributed by atoms with E-state index >= 15 is 0 Å². The van der Waals surface area contributed by atoms with Crippen LogP contribution in [0.5, 0.6) is 5.75 Å².